The van der Waals surface area contributed by atoms with E-state index in [-0.39, 0.29) is 12.6 Å². The van der Waals surface area contributed by atoms with Crippen molar-refractivity contribution in [1.82, 2.24) is 0 Å². The standard InChI is InChI=1S/C6H12O3.C2H6O/c1-4-8-6(3)9-5(2)7;1-2-3/h6H,4H2,1-3H3;3H,2H2,1H3. The third-order valence-corrected chi connectivity index (χ3v) is 0.733. The summed E-state index contributed by atoms with van der Waals surface area (Å²) in [5.74, 6) is -0.309. The molecule has 0 aromatic heterocycles. The largest absolute Gasteiger partial charge is 0.436 e. The molecule has 0 aliphatic rings. The van der Waals surface area contributed by atoms with Gasteiger partial charge in [-0.3, -0.25) is 4.79 Å². The summed E-state index contributed by atoms with van der Waals surface area (Å²) >= 11 is 0. The smallest absolute Gasteiger partial charge is 0.304 e. The first kappa shape index (κ1) is 13.9. The maximum Gasteiger partial charge on any atom is 0.304 e. The molecule has 0 saturated heterocycles. The highest BCUT2D eigenvalue weighted by molar-refractivity contribution is 5.65. The topological polar surface area (TPSA) is 55.8 Å². The summed E-state index contributed by atoms with van der Waals surface area (Å²) in [4.78, 5) is 10.2. The first-order valence-electron chi connectivity index (χ1n) is 3.98. The molecule has 0 bridgehead atoms. The van der Waals surface area contributed by atoms with Gasteiger partial charge < -0.3 is 14.6 Å². The molecule has 1 unspecified atom stereocenters. The summed E-state index contributed by atoms with van der Waals surface area (Å²) < 4.78 is 9.54. The predicted octanol–water partition coefficient (Wildman–Crippen LogP) is 0.931. The van der Waals surface area contributed by atoms with Gasteiger partial charge in [0.1, 0.15) is 0 Å². The Bertz CT molecular complexity index is 103. The Morgan fingerprint density at radius 1 is 1.50 bits per heavy atom. The lowest BCUT2D eigenvalue weighted by atomic mass is 10.7. The van der Waals surface area contributed by atoms with Crippen molar-refractivity contribution in [1.29, 1.82) is 0 Å². The minimum absolute atomic E-state index is 0.250. The van der Waals surface area contributed by atoms with Crippen molar-refractivity contribution < 1.29 is 19.4 Å². The highest BCUT2D eigenvalue weighted by atomic mass is 16.7. The summed E-state index contributed by atoms with van der Waals surface area (Å²) in [6, 6.07) is 0. The van der Waals surface area contributed by atoms with Crippen LogP contribution in [-0.2, 0) is 14.3 Å². The average Bonchev–Trinajstić information content (AvgIpc) is 1.87. The van der Waals surface area contributed by atoms with E-state index in [0.29, 0.717) is 6.61 Å². The number of aliphatic hydroxyl groups is 1. The second-order valence-corrected chi connectivity index (χ2v) is 1.95. The Balaban J connectivity index is 0. The Hall–Kier alpha value is -0.610. The van der Waals surface area contributed by atoms with E-state index in [1.54, 1.807) is 13.8 Å². The van der Waals surface area contributed by atoms with Crippen LogP contribution in [0.15, 0.2) is 0 Å². The van der Waals surface area contributed by atoms with E-state index in [4.69, 9.17) is 9.84 Å². The maximum atomic E-state index is 10.2. The van der Waals surface area contributed by atoms with Crippen LogP contribution in [0.2, 0.25) is 0 Å². The number of hydrogen-bond donors (Lipinski definition) is 1. The van der Waals surface area contributed by atoms with Gasteiger partial charge in [-0.1, -0.05) is 0 Å². The zero-order chi connectivity index (χ0) is 9.98. The molecule has 0 fully saturated rings. The van der Waals surface area contributed by atoms with Crippen molar-refractivity contribution >= 4 is 5.97 Å². The highest BCUT2D eigenvalue weighted by Gasteiger charge is 2.01. The van der Waals surface area contributed by atoms with Crippen LogP contribution in [0.1, 0.15) is 27.7 Å². The molecule has 0 aromatic carbocycles. The van der Waals surface area contributed by atoms with Gasteiger partial charge in [-0.2, -0.15) is 0 Å². The summed E-state index contributed by atoms with van der Waals surface area (Å²) in [5, 5.41) is 7.57. The molecule has 4 heteroatoms. The first-order valence-corrected chi connectivity index (χ1v) is 3.98. The Kier molecular flexibility index (Phi) is 12.1. The van der Waals surface area contributed by atoms with Crippen molar-refractivity contribution in [3.05, 3.63) is 0 Å². The third kappa shape index (κ3) is 16.2. The van der Waals surface area contributed by atoms with Gasteiger partial charge in [-0.25, -0.2) is 0 Å². The van der Waals surface area contributed by atoms with E-state index >= 15 is 0 Å². The Labute approximate surface area is 73.5 Å². The molecule has 0 saturated carbocycles. The molecule has 74 valence electrons. The number of ether oxygens (including phenoxy) is 2. The van der Waals surface area contributed by atoms with Crippen molar-refractivity contribution in [2.45, 2.75) is 34.0 Å². The van der Waals surface area contributed by atoms with Gasteiger partial charge in [0.05, 0.1) is 0 Å². The van der Waals surface area contributed by atoms with E-state index in [9.17, 15) is 4.79 Å². The predicted molar refractivity (Wildman–Crippen MR) is 45.6 cm³/mol. The van der Waals surface area contributed by atoms with Gasteiger partial charge in [0.15, 0.2) is 6.29 Å². The van der Waals surface area contributed by atoms with Crippen LogP contribution in [-0.4, -0.2) is 30.6 Å². The number of carbonyl (C=O) groups excluding carboxylic acids is 1. The van der Waals surface area contributed by atoms with Gasteiger partial charge in [0.2, 0.25) is 0 Å². The van der Waals surface area contributed by atoms with Crippen LogP contribution in [0.5, 0.6) is 0 Å². The molecule has 0 aliphatic heterocycles. The van der Waals surface area contributed by atoms with Gasteiger partial charge in [0.25, 0.3) is 0 Å². The van der Waals surface area contributed by atoms with E-state index in [1.807, 2.05) is 6.92 Å². The van der Waals surface area contributed by atoms with Crippen molar-refractivity contribution in [3.8, 4) is 0 Å². The van der Waals surface area contributed by atoms with Gasteiger partial charge >= 0.3 is 5.97 Å². The van der Waals surface area contributed by atoms with Crippen molar-refractivity contribution in [2.75, 3.05) is 13.2 Å². The number of hydrogen-bond acceptors (Lipinski definition) is 4. The van der Waals surface area contributed by atoms with Crippen LogP contribution in [0.3, 0.4) is 0 Å². The molecular formula is C8H18O4. The van der Waals surface area contributed by atoms with Gasteiger partial charge in [-0.15, -0.1) is 0 Å². The van der Waals surface area contributed by atoms with Crippen LogP contribution in [0, 0.1) is 0 Å². The fourth-order valence-corrected chi connectivity index (χ4v) is 0.502. The van der Waals surface area contributed by atoms with E-state index < -0.39 is 6.29 Å². The minimum atomic E-state index is -0.410. The lowest BCUT2D eigenvalue weighted by Crippen LogP contribution is -2.15. The minimum Gasteiger partial charge on any atom is -0.436 e. The molecule has 12 heavy (non-hydrogen) atoms. The SMILES string of the molecule is CCO.CCOC(C)OC(C)=O. The monoisotopic (exact) mass is 178 g/mol. The second-order valence-electron chi connectivity index (χ2n) is 1.95. The zero-order valence-corrected chi connectivity index (χ0v) is 8.16. The van der Waals surface area contributed by atoms with Crippen LogP contribution in [0.25, 0.3) is 0 Å². The average molecular weight is 178 g/mol. The number of carbonyl (C=O) groups is 1. The van der Waals surface area contributed by atoms with Gasteiger partial charge in [0, 0.05) is 20.1 Å². The fraction of sp³-hybridized carbons (Fsp3) is 0.875. The molecular weight excluding hydrogens is 160 g/mol. The lowest BCUT2D eigenvalue weighted by molar-refractivity contribution is -0.171. The molecule has 0 heterocycles. The summed E-state index contributed by atoms with van der Waals surface area (Å²) in [6.45, 7) is 7.38. The summed E-state index contributed by atoms with van der Waals surface area (Å²) in [5.41, 5.74) is 0. The highest BCUT2D eigenvalue weighted by Crippen LogP contribution is 1.91. The normalized spacial score (nSPS) is 11.1. The lowest BCUT2D eigenvalue weighted by Gasteiger charge is -2.09. The maximum absolute atomic E-state index is 10.2. The van der Waals surface area contributed by atoms with Crippen LogP contribution >= 0.6 is 0 Å². The summed E-state index contributed by atoms with van der Waals surface area (Å²) in [7, 11) is 0. The molecule has 0 radical (unpaired) electrons. The molecule has 0 amide bonds. The number of aliphatic hydroxyl groups excluding tert-OH is 1. The second kappa shape index (κ2) is 10.4. The number of esters is 1. The van der Waals surface area contributed by atoms with E-state index in [1.165, 1.54) is 6.92 Å². The Morgan fingerprint density at radius 3 is 2.17 bits per heavy atom. The number of rotatable bonds is 3. The molecule has 0 aromatic rings. The van der Waals surface area contributed by atoms with Crippen molar-refractivity contribution in [2.24, 2.45) is 0 Å². The van der Waals surface area contributed by atoms with Crippen LogP contribution in [0.4, 0.5) is 0 Å². The molecule has 0 rings (SSSR count). The van der Waals surface area contributed by atoms with Gasteiger partial charge in [-0.05, 0) is 20.8 Å². The molecule has 0 spiro atoms. The van der Waals surface area contributed by atoms with E-state index in [2.05, 4.69) is 4.74 Å². The summed E-state index contributed by atoms with van der Waals surface area (Å²) in [6.07, 6.45) is -0.410. The third-order valence-electron chi connectivity index (χ3n) is 0.733. The van der Waals surface area contributed by atoms with Crippen molar-refractivity contribution in [3.63, 3.8) is 0 Å². The molecule has 1 atom stereocenters. The molecule has 0 aliphatic carbocycles. The first-order chi connectivity index (χ1) is 5.58. The molecule has 4 nitrogen and oxygen atoms in total. The van der Waals surface area contributed by atoms with Crippen LogP contribution < -0.4 is 0 Å². The molecule has 1 N–H and O–H groups in total. The van der Waals surface area contributed by atoms with E-state index in [0.717, 1.165) is 0 Å². The quantitative estimate of drug-likeness (QED) is 0.516. The zero-order valence-electron chi connectivity index (χ0n) is 8.16. The Morgan fingerprint density at radius 2 is 1.92 bits per heavy atom. The fourth-order valence-electron chi connectivity index (χ4n) is 0.502.